The lowest BCUT2D eigenvalue weighted by Crippen LogP contribution is -2.33. The van der Waals surface area contributed by atoms with Gasteiger partial charge in [-0.3, -0.25) is 0 Å². The van der Waals surface area contributed by atoms with Gasteiger partial charge in [-0.15, -0.1) is 6.42 Å². The summed E-state index contributed by atoms with van der Waals surface area (Å²) in [6.07, 6.45) is 5.59. The molecule has 5 nitrogen and oxygen atoms in total. The molecule has 1 aromatic carbocycles. The molecule has 0 heterocycles. The highest BCUT2D eigenvalue weighted by atomic mass is 35.7. The van der Waals surface area contributed by atoms with Crippen molar-refractivity contribution in [1.82, 2.24) is 4.72 Å². The maximum atomic E-state index is 12.0. The largest absolute Gasteiger partial charge is 0.261 e. The van der Waals surface area contributed by atoms with Gasteiger partial charge in [-0.25, -0.2) is 16.8 Å². The molecule has 104 valence electrons. The lowest BCUT2D eigenvalue weighted by Gasteiger charge is -2.11. The molecule has 19 heavy (non-hydrogen) atoms. The van der Waals surface area contributed by atoms with E-state index in [2.05, 4.69) is 10.6 Å². The molecule has 1 aromatic rings. The first-order chi connectivity index (χ1) is 8.70. The first kappa shape index (κ1) is 16.0. The van der Waals surface area contributed by atoms with E-state index >= 15 is 0 Å². The maximum absolute atomic E-state index is 12.0. The summed E-state index contributed by atoms with van der Waals surface area (Å²) in [7, 11) is -2.70. The van der Waals surface area contributed by atoms with Gasteiger partial charge >= 0.3 is 0 Å². The number of hydrogen-bond acceptors (Lipinski definition) is 4. The van der Waals surface area contributed by atoms with Gasteiger partial charge in [0.2, 0.25) is 10.0 Å². The van der Waals surface area contributed by atoms with Crippen molar-refractivity contribution in [3.63, 3.8) is 0 Å². The van der Waals surface area contributed by atoms with E-state index in [1.165, 1.54) is 18.2 Å². The van der Waals surface area contributed by atoms with Gasteiger partial charge in [0.25, 0.3) is 9.05 Å². The Hall–Kier alpha value is -1.07. The van der Waals surface area contributed by atoms with Gasteiger partial charge in [0.1, 0.15) is 0 Å². The summed E-state index contributed by atoms with van der Waals surface area (Å²) >= 11 is 0. The third-order valence-corrected chi connectivity index (χ3v) is 5.13. The fraction of sp³-hybridized carbons (Fsp3) is 0.273. The molecule has 0 aromatic heterocycles. The quantitative estimate of drug-likeness (QED) is 0.655. The Balaban J connectivity index is 3.21. The Kier molecular flexibility index (Phi) is 4.98. The highest BCUT2D eigenvalue weighted by Gasteiger charge is 2.20. The molecule has 0 aliphatic rings. The molecule has 0 saturated carbocycles. The van der Waals surface area contributed by atoms with Crippen LogP contribution in [0.15, 0.2) is 34.1 Å². The molecule has 0 spiro atoms. The number of hydrogen-bond donors (Lipinski definition) is 1. The first-order valence-electron chi connectivity index (χ1n) is 5.24. The summed E-state index contributed by atoms with van der Waals surface area (Å²) in [4.78, 5) is -0.492. The molecule has 0 bridgehead atoms. The van der Waals surface area contributed by atoms with Crippen molar-refractivity contribution < 1.29 is 16.8 Å². The van der Waals surface area contributed by atoms with Gasteiger partial charge in [0.05, 0.1) is 15.8 Å². The van der Waals surface area contributed by atoms with Crippen LogP contribution in [-0.4, -0.2) is 22.9 Å². The van der Waals surface area contributed by atoms with Crippen molar-refractivity contribution in [1.29, 1.82) is 0 Å². The Morgan fingerprint density at radius 3 is 2.37 bits per heavy atom. The number of halogens is 1. The van der Waals surface area contributed by atoms with E-state index in [9.17, 15) is 16.8 Å². The summed E-state index contributed by atoms with van der Waals surface area (Å²) in [6.45, 7) is 1.73. The zero-order chi connectivity index (χ0) is 14.7. The predicted octanol–water partition coefficient (Wildman–Crippen LogP) is 1.30. The molecule has 0 aliphatic heterocycles. The van der Waals surface area contributed by atoms with Crippen LogP contribution in [0.25, 0.3) is 0 Å². The third-order valence-electron chi connectivity index (χ3n) is 2.30. The minimum Gasteiger partial charge on any atom is -0.207 e. The zero-order valence-electron chi connectivity index (χ0n) is 10.00. The number of terminal acetylenes is 1. The van der Waals surface area contributed by atoms with Gasteiger partial charge in [-0.2, -0.15) is 4.72 Å². The van der Waals surface area contributed by atoms with Gasteiger partial charge in [-0.05, 0) is 24.6 Å². The highest BCUT2D eigenvalue weighted by Crippen LogP contribution is 2.19. The van der Waals surface area contributed by atoms with E-state index in [0.717, 1.165) is 6.07 Å². The van der Waals surface area contributed by atoms with Gasteiger partial charge < -0.3 is 0 Å². The molecule has 1 atom stereocenters. The van der Waals surface area contributed by atoms with E-state index in [0.29, 0.717) is 6.42 Å². The Bertz CT molecular complexity index is 704. The summed E-state index contributed by atoms with van der Waals surface area (Å²) < 4.78 is 48.6. The fourth-order valence-corrected chi connectivity index (χ4v) is 3.44. The minimum atomic E-state index is -3.99. The second kappa shape index (κ2) is 5.92. The molecular weight excluding hydrogens is 310 g/mol. The lowest BCUT2D eigenvalue weighted by molar-refractivity contribution is 0.570. The zero-order valence-corrected chi connectivity index (χ0v) is 12.4. The average molecular weight is 322 g/mol. The molecule has 1 N–H and O–H groups in total. The van der Waals surface area contributed by atoms with Crippen molar-refractivity contribution >= 4 is 29.8 Å². The molecule has 1 unspecified atom stereocenters. The van der Waals surface area contributed by atoms with Crippen LogP contribution < -0.4 is 4.72 Å². The second-order valence-electron chi connectivity index (χ2n) is 3.66. The smallest absolute Gasteiger partial charge is 0.207 e. The van der Waals surface area contributed by atoms with E-state index < -0.39 is 25.1 Å². The topological polar surface area (TPSA) is 80.3 Å². The molecule has 8 heteroatoms. The standard InChI is InChI=1S/C11H12ClNO4S2/c1-3-9(4-2)13-19(16,17)11-7-5-6-10(8-11)18(12,14)15/h1,5-9,13H,4H2,2H3. The predicted molar refractivity (Wildman–Crippen MR) is 72.7 cm³/mol. The molecule has 1 rings (SSSR count). The Morgan fingerprint density at radius 1 is 1.32 bits per heavy atom. The summed E-state index contributed by atoms with van der Waals surface area (Å²) in [6, 6.07) is 4.09. The summed E-state index contributed by atoms with van der Waals surface area (Å²) in [5, 5.41) is 0. The van der Waals surface area contributed by atoms with Crippen molar-refractivity contribution in [2.75, 3.05) is 0 Å². The van der Waals surface area contributed by atoms with Crippen molar-refractivity contribution in [2.24, 2.45) is 0 Å². The van der Waals surface area contributed by atoms with Crippen molar-refractivity contribution in [2.45, 2.75) is 29.2 Å². The van der Waals surface area contributed by atoms with Gasteiger partial charge in [-0.1, -0.05) is 18.9 Å². The Labute approximate surface area is 117 Å². The fourth-order valence-electron chi connectivity index (χ4n) is 1.28. The van der Waals surface area contributed by atoms with Crippen LogP contribution >= 0.6 is 10.7 Å². The Morgan fingerprint density at radius 2 is 1.89 bits per heavy atom. The van der Waals surface area contributed by atoms with E-state index in [1.807, 2.05) is 0 Å². The summed E-state index contributed by atoms with van der Waals surface area (Å²) in [5.41, 5.74) is 0. The SMILES string of the molecule is C#CC(CC)NS(=O)(=O)c1cccc(S(=O)(=O)Cl)c1. The molecule has 0 saturated heterocycles. The lowest BCUT2D eigenvalue weighted by atomic mass is 10.3. The third kappa shape index (κ3) is 4.21. The molecule has 0 fully saturated rings. The average Bonchev–Trinajstić information content (AvgIpc) is 2.35. The normalized spacial score (nSPS) is 13.7. The monoisotopic (exact) mass is 321 g/mol. The van der Waals surface area contributed by atoms with Crippen molar-refractivity contribution in [3.05, 3.63) is 24.3 Å². The van der Waals surface area contributed by atoms with Crippen LogP contribution in [0.5, 0.6) is 0 Å². The van der Waals surface area contributed by atoms with E-state index in [4.69, 9.17) is 17.1 Å². The van der Waals surface area contributed by atoms with Crippen molar-refractivity contribution in [3.8, 4) is 12.3 Å². The maximum Gasteiger partial charge on any atom is 0.261 e. The summed E-state index contributed by atoms with van der Waals surface area (Å²) in [5.74, 6) is 2.29. The van der Waals surface area contributed by atoms with Crippen LogP contribution in [0.4, 0.5) is 0 Å². The molecule has 0 aliphatic carbocycles. The highest BCUT2D eigenvalue weighted by molar-refractivity contribution is 8.13. The number of sulfonamides is 1. The minimum absolute atomic E-state index is 0.206. The van der Waals surface area contributed by atoms with Crippen LogP contribution in [0, 0.1) is 12.3 Å². The molecule has 0 amide bonds. The van der Waals surface area contributed by atoms with Gasteiger partial charge in [0.15, 0.2) is 0 Å². The molecular formula is C11H12ClNO4S2. The van der Waals surface area contributed by atoms with Crippen LogP contribution in [0.3, 0.4) is 0 Å². The van der Waals surface area contributed by atoms with E-state index in [1.54, 1.807) is 6.92 Å². The van der Waals surface area contributed by atoms with E-state index in [-0.39, 0.29) is 9.79 Å². The number of benzene rings is 1. The second-order valence-corrected chi connectivity index (χ2v) is 7.94. The van der Waals surface area contributed by atoms with Crippen LogP contribution in [-0.2, 0) is 19.1 Å². The van der Waals surface area contributed by atoms with Crippen LogP contribution in [0.2, 0.25) is 0 Å². The van der Waals surface area contributed by atoms with Gasteiger partial charge in [0, 0.05) is 10.7 Å². The first-order valence-corrected chi connectivity index (χ1v) is 9.03. The van der Waals surface area contributed by atoms with Crippen LogP contribution in [0.1, 0.15) is 13.3 Å². The molecule has 0 radical (unpaired) electrons. The number of rotatable bonds is 5. The number of nitrogens with one attached hydrogen (secondary N) is 1.